The van der Waals surface area contributed by atoms with E-state index in [2.05, 4.69) is 11.4 Å². The lowest BCUT2D eigenvalue weighted by atomic mass is 10.0. The Kier molecular flexibility index (Phi) is 4.19. The number of hydrogen-bond donors (Lipinski definition) is 2. The minimum absolute atomic E-state index is 0.248. The van der Waals surface area contributed by atoms with Gasteiger partial charge in [0.15, 0.2) is 0 Å². The number of ether oxygens (including phenoxy) is 1. The summed E-state index contributed by atoms with van der Waals surface area (Å²) in [4.78, 5) is 0. The molecule has 0 amide bonds. The molecule has 0 aliphatic carbocycles. The van der Waals surface area contributed by atoms with E-state index in [1.54, 1.807) is 0 Å². The molecule has 88 valence electrons. The lowest BCUT2D eigenvalue weighted by Crippen LogP contribution is -2.22. The molecule has 0 radical (unpaired) electrons. The Labute approximate surface area is 96.4 Å². The van der Waals surface area contributed by atoms with Gasteiger partial charge >= 0.3 is 0 Å². The highest BCUT2D eigenvalue weighted by atomic mass is 16.5. The number of aliphatic hydroxyl groups excluding tert-OH is 1. The van der Waals surface area contributed by atoms with Crippen LogP contribution in [0.5, 0.6) is 5.75 Å². The first-order chi connectivity index (χ1) is 7.92. The average molecular weight is 221 g/mol. The number of nitrogens with one attached hydrogen (secondary N) is 1. The van der Waals surface area contributed by atoms with Crippen molar-refractivity contribution in [1.82, 2.24) is 5.32 Å². The molecule has 1 aliphatic rings. The standard InChI is InChI=1S/C13H19NO2/c15-9-4-8-14-12-6-3-10-16-13-7-2-1-5-11(12)13/h1-2,5,7,12,14-15H,3-4,6,8-10H2. The predicted octanol–water partition coefficient (Wildman–Crippen LogP) is 1.87. The predicted molar refractivity (Wildman–Crippen MR) is 63.6 cm³/mol. The molecule has 3 nitrogen and oxygen atoms in total. The number of hydrogen-bond acceptors (Lipinski definition) is 3. The van der Waals surface area contributed by atoms with Gasteiger partial charge in [-0.15, -0.1) is 0 Å². The van der Waals surface area contributed by atoms with Crippen molar-refractivity contribution < 1.29 is 9.84 Å². The van der Waals surface area contributed by atoms with Gasteiger partial charge in [0.2, 0.25) is 0 Å². The van der Waals surface area contributed by atoms with E-state index in [0.717, 1.165) is 38.2 Å². The zero-order valence-corrected chi connectivity index (χ0v) is 9.48. The molecule has 3 heteroatoms. The van der Waals surface area contributed by atoms with Crippen molar-refractivity contribution in [3.63, 3.8) is 0 Å². The van der Waals surface area contributed by atoms with Crippen LogP contribution in [0.25, 0.3) is 0 Å². The third-order valence-corrected chi connectivity index (χ3v) is 2.91. The zero-order valence-electron chi connectivity index (χ0n) is 9.48. The number of fused-ring (bicyclic) bond motifs is 1. The van der Waals surface area contributed by atoms with E-state index in [9.17, 15) is 0 Å². The lowest BCUT2D eigenvalue weighted by molar-refractivity contribution is 0.282. The Morgan fingerprint density at radius 2 is 2.25 bits per heavy atom. The normalized spacial score (nSPS) is 19.7. The molecule has 0 saturated heterocycles. The first kappa shape index (κ1) is 11.4. The monoisotopic (exact) mass is 221 g/mol. The summed E-state index contributed by atoms with van der Waals surface area (Å²) in [5, 5.41) is 12.3. The molecule has 1 aromatic carbocycles. The van der Waals surface area contributed by atoms with Crippen molar-refractivity contribution in [3.05, 3.63) is 29.8 Å². The maximum absolute atomic E-state index is 8.78. The van der Waals surface area contributed by atoms with Crippen LogP contribution in [-0.4, -0.2) is 24.9 Å². The van der Waals surface area contributed by atoms with Gasteiger partial charge in [0, 0.05) is 18.2 Å². The maximum atomic E-state index is 8.78. The van der Waals surface area contributed by atoms with E-state index in [0.29, 0.717) is 6.04 Å². The van der Waals surface area contributed by atoms with Gasteiger partial charge in [0.05, 0.1) is 6.61 Å². The number of benzene rings is 1. The van der Waals surface area contributed by atoms with Gasteiger partial charge in [0.1, 0.15) is 5.75 Å². The van der Waals surface area contributed by atoms with Gasteiger partial charge in [0.25, 0.3) is 0 Å². The molecule has 0 bridgehead atoms. The van der Waals surface area contributed by atoms with Gasteiger partial charge < -0.3 is 15.2 Å². The van der Waals surface area contributed by atoms with E-state index in [1.165, 1.54) is 5.56 Å². The number of aliphatic hydroxyl groups is 1. The van der Waals surface area contributed by atoms with E-state index in [-0.39, 0.29) is 6.61 Å². The second kappa shape index (κ2) is 5.87. The average Bonchev–Trinajstić information content (AvgIpc) is 2.52. The van der Waals surface area contributed by atoms with E-state index >= 15 is 0 Å². The fraction of sp³-hybridized carbons (Fsp3) is 0.538. The lowest BCUT2D eigenvalue weighted by Gasteiger charge is -2.17. The van der Waals surface area contributed by atoms with Crippen LogP contribution in [0.15, 0.2) is 24.3 Å². The highest BCUT2D eigenvalue weighted by molar-refractivity contribution is 5.36. The Morgan fingerprint density at radius 1 is 1.38 bits per heavy atom. The Morgan fingerprint density at radius 3 is 3.12 bits per heavy atom. The summed E-state index contributed by atoms with van der Waals surface area (Å²) in [7, 11) is 0. The third kappa shape index (κ3) is 2.74. The van der Waals surface area contributed by atoms with E-state index in [4.69, 9.17) is 9.84 Å². The van der Waals surface area contributed by atoms with Crippen molar-refractivity contribution in [2.75, 3.05) is 19.8 Å². The first-order valence-electron chi connectivity index (χ1n) is 5.98. The Bertz CT molecular complexity index is 327. The molecule has 0 spiro atoms. The molecule has 0 fully saturated rings. The first-order valence-corrected chi connectivity index (χ1v) is 5.98. The number of rotatable bonds is 4. The van der Waals surface area contributed by atoms with Crippen molar-refractivity contribution in [2.24, 2.45) is 0 Å². The second-order valence-electron chi connectivity index (χ2n) is 4.11. The minimum Gasteiger partial charge on any atom is -0.493 e. The molecular weight excluding hydrogens is 202 g/mol. The van der Waals surface area contributed by atoms with Crippen LogP contribution in [0.4, 0.5) is 0 Å². The highest BCUT2D eigenvalue weighted by Gasteiger charge is 2.18. The van der Waals surface area contributed by atoms with Crippen LogP contribution in [0.1, 0.15) is 30.9 Å². The maximum Gasteiger partial charge on any atom is 0.124 e. The van der Waals surface area contributed by atoms with Gasteiger partial charge in [-0.25, -0.2) is 0 Å². The van der Waals surface area contributed by atoms with Gasteiger partial charge in [-0.1, -0.05) is 18.2 Å². The molecule has 1 aliphatic heterocycles. The summed E-state index contributed by atoms with van der Waals surface area (Å²) in [6, 6.07) is 8.58. The molecule has 1 heterocycles. The van der Waals surface area contributed by atoms with Crippen molar-refractivity contribution in [2.45, 2.75) is 25.3 Å². The van der Waals surface area contributed by atoms with Crippen LogP contribution in [0.3, 0.4) is 0 Å². The molecule has 0 saturated carbocycles. The second-order valence-corrected chi connectivity index (χ2v) is 4.11. The van der Waals surface area contributed by atoms with Gasteiger partial charge in [-0.05, 0) is 31.9 Å². The highest BCUT2D eigenvalue weighted by Crippen LogP contribution is 2.30. The smallest absolute Gasteiger partial charge is 0.124 e. The van der Waals surface area contributed by atoms with Gasteiger partial charge in [-0.3, -0.25) is 0 Å². The molecule has 1 atom stereocenters. The molecule has 16 heavy (non-hydrogen) atoms. The summed E-state index contributed by atoms with van der Waals surface area (Å²) in [5.41, 5.74) is 1.25. The van der Waals surface area contributed by atoms with Crippen molar-refractivity contribution >= 4 is 0 Å². The fourth-order valence-corrected chi connectivity index (χ4v) is 2.09. The van der Waals surface area contributed by atoms with Crippen LogP contribution < -0.4 is 10.1 Å². The van der Waals surface area contributed by atoms with Gasteiger partial charge in [-0.2, -0.15) is 0 Å². The topological polar surface area (TPSA) is 41.5 Å². The Balaban J connectivity index is 2.06. The minimum atomic E-state index is 0.248. The summed E-state index contributed by atoms with van der Waals surface area (Å²) >= 11 is 0. The van der Waals surface area contributed by atoms with Crippen LogP contribution in [0.2, 0.25) is 0 Å². The molecular formula is C13H19NO2. The molecule has 0 aromatic heterocycles. The van der Waals surface area contributed by atoms with E-state index in [1.807, 2.05) is 18.2 Å². The summed E-state index contributed by atoms with van der Waals surface area (Å²) in [6.45, 7) is 1.91. The molecule has 1 aromatic rings. The van der Waals surface area contributed by atoms with Crippen LogP contribution in [0, 0.1) is 0 Å². The van der Waals surface area contributed by atoms with Crippen molar-refractivity contribution in [3.8, 4) is 5.75 Å². The largest absolute Gasteiger partial charge is 0.493 e. The Hall–Kier alpha value is -1.06. The number of para-hydroxylation sites is 1. The zero-order chi connectivity index (χ0) is 11.2. The quantitative estimate of drug-likeness (QED) is 0.763. The molecule has 2 rings (SSSR count). The fourth-order valence-electron chi connectivity index (χ4n) is 2.09. The van der Waals surface area contributed by atoms with Crippen LogP contribution >= 0.6 is 0 Å². The molecule has 1 unspecified atom stereocenters. The van der Waals surface area contributed by atoms with E-state index < -0.39 is 0 Å². The SMILES string of the molecule is OCCCNC1CCCOc2ccccc21. The third-order valence-electron chi connectivity index (χ3n) is 2.91. The van der Waals surface area contributed by atoms with Crippen LogP contribution in [-0.2, 0) is 0 Å². The summed E-state index contributed by atoms with van der Waals surface area (Å²) in [5.74, 6) is 1.00. The summed E-state index contributed by atoms with van der Waals surface area (Å²) in [6.07, 6.45) is 2.98. The molecule has 2 N–H and O–H groups in total. The summed E-state index contributed by atoms with van der Waals surface area (Å²) < 4.78 is 5.70. The van der Waals surface area contributed by atoms with Crippen molar-refractivity contribution in [1.29, 1.82) is 0 Å².